The van der Waals surface area contributed by atoms with E-state index in [1.807, 2.05) is 20.8 Å². The summed E-state index contributed by atoms with van der Waals surface area (Å²) in [5.74, 6) is 0.0300. The molecule has 326 valence electrons. The van der Waals surface area contributed by atoms with Crippen molar-refractivity contribution in [2.45, 2.75) is 157 Å². The minimum atomic E-state index is -0.695. The summed E-state index contributed by atoms with van der Waals surface area (Å²) in [5, 5.41) is 6.39. The molecule has 13 heteroatoms. The van der Waals surface area contributed by atoms with Crippen LogP contribution in [0.1, 0.15) is 144 Å². The number of hydrogen-bond acceptors (Lipinski definition) is 10. The predicted molar refractivity (Wildman–Crippen MR) is 226 cm³/mol. The molecule has 57 heavy (non-hydrogen) atoms. The molecule has 7 atom stereocenters. The van der Waals surface area contributed by atoms with Crippen LogP contribution in [0.5, 0.6) is 0 Å². The van der Waals surface area contributed by atoms with Gasteiger partial charge in [0.15, 0.2) is 0 Å². The number of ether oxygens (including phenoxy) is 2. The van der Waals surface area contributed by atoms with E-state index in [0.29, 0.717) is 31.2 Å². The highest BCUT2D eigenvalue weighted by molar-refractivity contribution is 5.84. The summed E-state index contributed by atoms with van der Waals surface area (Å²) in [5.41, 5.74) is -0.853. The molecule has 1 saturated carbocycles. The Morgan fingerprint density at radius 3 is 2.19 bits per heavy atom. The lowest BCUT2D eigenvalue weighted by atomic mass is 9.82. The molecule has 0 bridgehead atoms. The average molecular weight is 803 g/mol. The maximum Gasteiger partial charge on any atom is 0.328 e. The van der Waals surface area contributed by atoms with Crippen LogP contribution < -0.4 is 21.9 Å². The number of ketones is 1. The van der Waals surface area contributed by atoms with E-state index < -0.39 is 35.5 Å². The molecule has 1 aliphatic carbocycles. The quantitative estimate of drug-likeness (QED) is 0.0704. The third-order valence-electron chi connectivity index (χ3n) is 12.5. The lowest BCUT2D eigenvalue weighted by molar-refractivity contribution is -0.154. The predicted octanol–water partition coefficient (Wildman–Crippen LogP) is 5.46. The van der Waals surface area contributed by atoms with Crippen LogP contribution in [-0.2, 0) is 30.4 Å². The number of unbranched alkanes of at least 4 members (excludes halogenated alkanes) is 1. The smallest absolute Gasteiger partial charge is 0.328 e. The molecule has 3 N–H and O–H groups in total. The summed E-state index contributed by atoms with van der Waals surface area (Å²) < 4.78 is 13.9. The van der Waals surface area contributed by atoms with Gasteiger partial charge in [-0.1, -0.05) is 67.7 Å². The molecule has 0 aromatic carbocycles. The number of carbonyl (C=O) groups excluding carboxylic acids is 3. The maximum atomic E-state index is 13.2. The Morgan fingerprint density at radius 1 is 0.930 bits per heavy atom. The minimum absolute atomic E-state index is 0.0149. The zero-order chi connectivity index (χ0) is 41.7. The lowest BCUT2D eigenvalue weighted by Gasteiger charge is -2.24. The van der Waals surface area contributed by atoms with Crippen molar-refractivity contribution in [1.29, 1.82) is 0 Å². The van der Waals surface area contributed by atoms with Crippen LogP contribution in [-0.4, -0.2) is 108 Å². The second kappa shape index (κ2) is 26.3. The second-order valence-electron chi connectivity index (χ2n) is 16.5. The maximum absolute atomic E-state index is 13.2. The molecule has 1 aromatic rings. The van der Waals surface area contributed by atoms with Crippen LogP contribution in [0.2, 0.25) is 0 Å². The van der Waals surface area contributed by atoms with Crippen molar-refractivity contribution in [1.82, 2.24) is 30.0 Å². The number of esters is 1. The van der Waals surface area contributed by atoms with Gasteiger partial charge in [-0.05, 0) is 109 Å². The van der Waals surface area contributed by atoms with E-state index in [-0.39, 0.29) is 54.9 Å². The number of amides is 1. The third-order valence-corrected chi connectivity index (χ3v) is 12.5. The summed E-state index contributed by atoms with van der Waals surface area (Å²) in [7, 11) is 0. The number of H-pyrrole nitrogens is 1. The van der Waals surface area contributed by atoms with E-state index in [0.717, 1.165) is 90.9 Å². The van der Waals surface area contributed by atoms with Gasteiger partial charge in [0, 0.05) is 44.0 Å². The van der Waals surface area contributed by atoms with E-state index in [4.69, 9.17) is 9.47 Å². The highest BCUT2D eigenvalue weighted by atomic mass is 16.6. The zero-order valence-corrected chi connectivity index (χ0v) is 36.6. The number of hydrogen-bond donors (Lipinski definition) is 3. The number of aromatic nitrogens is 2. The summed E-state index contributed by atoms with van der Waals surface area (Å²) >= 11 is 0. The Labute approximate surface area is 342 Å². The Balaban J connectivity index is 1.48. The number of rotatable bonds is 29. The number of aryl methyl sites for hydroxylation is 1. The van der Waals surface area contributed by atoms with Gasteiger partial charge in [0.05, 0.1) is 24.2 Å². The van der Waals surface area contributed by atoms with Crippen molar-refractivity contribution < 1.29 is 23.9 Å². The van der Waals surface area contributed by atoms with Crippen molar-refractivity contribution in [3.05, 3.63) is 32.6 Å². The van der Waals surface area contributed by atoms with E-state index in [9.17, 15) is 24.0 Å². The second-order valence-corrected chi connectivity index (χ2v) is 16.5. The first-order valence-electron chi connectivity index (χ1n) is 22.6. The zero-order valence-electron chi connectivity index (χ0n) is 36.6. The molecule has 2 aliphatic rings. The van der Waals surface area contributed by atoms with E-state index >= 15 is 0 Å². The summed E-state index contributed by atoms with van der Waals surface area (Å²) in [6, 6.07) is 0. The topological polar surface area (TPSA) is 155 Å². The fourth-order valence-electron chi connectivity index (χ4n) is 8.93. The molecule has 3 rings (SSSR count). The van der Waals surface area contributed by atoms with Crippen LogP contribution in [0.25, 0.3) is 0 Å². The first-order valence-corrected chi connectivity index (χ1v) is 22.6. The SMILES string of the molecule is CCCC1OC(c2cn(CCC(=O)NCCCN(CC)CCCCN(CC)CCCNCC)c(=O)[nH]c2=O)C(CC)C1OC(=O)CCC(=O)C(C)C1CCCC1C. The van der Waals surface area contributed by atoms with E-state index in [2.05, 4.69) is 53.1 Å². The Hall–Kier alpha value is -2.87. The largest absolute Gasteiger partial charge is 0.459 e. The fraction of sp³-hybridized carbons (Fsp3) is 0.841. The number of nitrogens with one attached hydrogen (secondary N) is 3. The molecule has 1 aliphatic heterocycles. The van der Waals surface area contributed by atoms with Gasteiger partial charge in [0.25, 0.3) is 5.56 Å². The molecule has 0 spiro atoms. The molecule has 2 heterocycles. The Bertz CT molecular complexity index is 1460. The van der Waals surface area contributed by atoms with Crippen molar-refractivity contribution >= 4 is 17.7 Å². The highest BCUT2D eigenvalue weighted by Gasteiger charge is 2.47. The molecule has 1 saturated heterocycles. The van der Waals surface area contributed by atoms with Crippen LogP contribution in [0.15, 0.2) is 15.8 Å². The van der Waals surface area contributed by atoms with Crippen LogP contribution in [0, 0.1) is 23.7 Å². The minimum Gasteiger partial charge on any atom is -0.459 e. The van der Waals surface area contributed by atoms with Crippen LogP contribution in [0.4, 0.5) is 0 Å². The standard InChI is InChI=1S/C44H78N6O7/c1-8-18-38-42(57-40(53)22-21-37(51)33(7)35-20-15-19-32(35)6)34(9-2)41(56-38)36-31-50(44(55)47-43(36)54)30-23-39(52)46-25-17-29-49(12-5)27-14-13-26-48(11-4)28-16-24-45-10-3/h31-35,38,41-42,45H,8-30H2,1-7H3,(H,46,52)(H,47,54,55). The highest BCUT2D eigenvalue weighted by Crippen LogP contribution is 2.42. The van der Waals surface area contributed by atoms with Crippen LogP contribution in [0.3, 0.4) is 0 Å². The molecule has 13 nitrogen and oxygen atoms in total. The van der Waals surface area contributed by atoms with Gasteiger partial charge in [-0.15, -0.1) is 0 Å². The summed E-state index contributed by atoms with van der Waals surface area (Å²) in [6.45, 7) is 23.7. The van der Waals surface area contributed by atoms with Crippen molar-refractivity contribution in [2.24, 2.45) is 23.7 Å². The van der Waals surface area contributed by atoms with Gasteiger partial charge in [-0.25, -0.2) is 4.79 Å². The fourth-order valence-corrected chi connectivity index (χ4v) is 8.93. The number of Topliss-reactive ketones (excluding diaryl/α,β-unsaturated/α-hetero) is 1. The van der Waals surface area contributed by atoms with Gasteiger partial charge in [0.2, 0.25) is 5.91 Å². The molecule has 7 unspecified atom stereocenters. The van der Waals surface area contributed by atoms with E-state index in [1.165, 1.54) is 23.6 Å². The number of carbonyl (C=O) groups is 3. The van der Waals surface area contributed by atoms with Crippen LogP contribution >= 0.6 is 0 Å². The average Bonchev–Trinajstić information content (AvgIpc) is 3.78. The first kappa shape index (κ1) is 48.5. The monoisotopic (exact) mass is 803 g/mol. The first-order chi connectivity index (χ1) is 27.5. The number of nitrogens with zero attached hydrogens (tertiary/aromatic N) is 3. The number of aromatic amines is 1. The normalized spacial score (nSPS) is 22.7. The molecule has 1 aromatic heterocycles. The summed E-state index contributed by atoms with van der Waals surface area (Å²) in [4.78, 5) is 72.4. The Morgan fingerprint density at radius 2 is 1.60 bits per heavy atom. The molecule has 0 radical (unpaired) electrons. The van der Waals surface area contributed by atoms with Gasteiger partial charge in [-0.2, -0.15) is 0 Å². The van der Waals surface area contributed by atoms with Crippen molar-refractivity contribution in [2.75, 3.05) is 58.9 Å². The Kier molecular flexibility index (Phi) is 22.4. The molecule has 2 fully saturated rings. The van der Waals surface area contributed by atoms with Gasteiger partial charge in [0.1, 0.15) is 11.9 Å². The van der Waals surface area contributed by atoms with Crippen molar-refractivity contribution in [3.63, 3.8) is 0 Å². The van der Waals surface area contributed by atoms with E-state index in [1.54, 1.807) is 0 Å². The molecular weight excluding hydrogens is 725 g/mol. The van der Waals surface area contributed by atoms with Gasteiger partial charge < -0.3 is 29.9 Å². The molecule has 1 amide bonds. The molecular formula is C44H78N6O7. The lowest BCUT2D eigenvalue weighted by Crippen LogP contribution is -2.36. The third kappa shape index (κ3) is 15.7. The summed E-state index contributed by atoms with van der Waals surface area (Å²) in [6.07, 6.45) is 9.74. The van der Waals surface area contributed by atoms with Gasteiger partial charge in [-0.3, -0.25) is 28.7 Å². The van der Waals surface area contributed by atoms with Crippen molar-refractivity contribution in [3.8, 4) is 0 Å². The van der Waals surface area contributed by atoms with Gasteiger partial charge >= 0.3 is 11.7 Å².